The summed E-state index contributed by atoms with van der Waals surface area (Å²) >= 11 is 9.33. The average molecular weight is 547 g/mol. The van der Waals surface area contributed by atoms with Gasteiger partial charge in [0.15, 0.2) is 0 Å². The number of benzene rings is 2. The fraction of sp³-hybridized carbons (Fsp3) is 0.148. The Labute approximate surface area is 218 Å². The molecule has 0 aliphatic heterocycles. The second-order valence-corrected chi connectivity index (χ2v) is 10.9. The Bertz CT molecular complexity index is 1450. The number of rotatable bonds is 7. The van der Waals surface area contributed by atoms with Gasteiger partial charge in [0.2, 0.25) is 0 Å². The molecule has 1 unspecified atom stereocenters. The molecule has 0 saturated heterocycles. The first kappa shape index (κ1) is 24.9. The molecule has 9 heteroatoms. The van der Waals surface area contributed by atoms with E-state index in [1.54, 1.807) is 34.8 Å². The molecule has 0 bridgehead atoms. The van der Waals surface area contributed by atoms with Gasteiger partial charge in [-0.2, -0.15) is 13.2 Å². The van der Waals surface area contributed by atoms with Crippen molar-refractivity contribution in [2.75, 3.05) is 0 Å². The third-order valence-electron chi connectivity index (χ3n) is 5.95. The number of fused-ring (bicyclic) bond motifs is 1. The van der Waals surface area contributed by atoms with Crippen molar-refractivity contribution in [2.45, 2.75) is 24.7 Å². The van der Waals surface area contributed by atoms with E-state index in [9.17, 15) is 17.6 Å². The minimum atomic E-state index is -4.71. The lowest BCUT2D eigenvalue weighted by molar-refractivity contribution is -0.137. The first-order chi connectivity index (χ1) is 17.2. The molecule has 184 valence electrons. The Hall–Kier alpha value is -2.78. The van der Waals surface area contributed by atoms with Crippen molar-refractivity contribution in [3.05, 3.63) is 122 Å². The van der Waals surface area contributed by atoms with Crippen molar-refractivity contribution in [3.8, 4) is 0 Å². The molecule has 0 aliphatic carbocycles. The van der Waals surface area contributed by atoms with Crippen LogP contribution in [0, 0.1) is 5.82 Å². The summed E-state index contributed by atoms with van der Waals surface area (Å²) in [5, 5.41) is 5.89. The smallest absolute Gasteiger partial charge is 0.297 e. The van der Waals surface area contributed by atoms with E-state index < -0.39 is 23.1 Å². The first-order valence-corrected chi connectivity index (χ1v) is 13.1. The van der Waals surface area contributed by atoms with E-state index in [1.807, 2.05) is 41.8 Å². The molecule has 3 aromatic heterocycles. The predicted octanol–water partition coefficient (Wildman–Crippen LogP) is 8.45. The quantitative estimate of drug-likeness (QED) is 0.207. The highest BCUT2D eigenvalue weighted by atomic mass is 35.5. The number of aromatic nitrogens is 1. The van der Waals surface area contributed by atoms with Crippen LogP contribution in [0.1, 0.15) is 27.3 Å². The summed E-state index contributed by atoms with van der Waals surface area (Å²) in [6.07, 6.45) is -3.02. The minimum absolute atomic E-state index is 0.131. The van der Waals surface area contributed by atoms with Crippen LogP contribution in [0.15, 0.2) is 84.4 Å². The molecule has 1 atom stereocenters. The van der Waals surface area contributed by atoms with Crippen LogP contribution < -0.4 is 5.32 Å². The maximum atomic E-state index is 14.7. The van der Waals surface area contributed by atoms with Gasteiger partial charge < -0.3 is 0 Å². The average Bonchev–Trinajstić information content (AvgIpc) is 3.44. The highest BCUT2D eigenvalue weighted by Gasteiger charge is 2.39. The van der Waals surface area contributed by atoms with Crippen LogP contribution in [0.4, 0.5) is 17.6 Å². The molecule has 0 radical (unpaired) electrons. The molecule has 36 heavy (non-hydrogen) atoms. The highest BCUT2D eigenvalue weighted by Crippen LogP contribution is 2.39. The number of alkyl halides is 3. The summed E-state index contributed by atoms with van der Waals surface area (Å²) in [6.45, 7) is 0.348. The van der Waals surface area contributed by atoms with Gasteiger partial charge in [0.1, 0.15) is 5.82 Å². The van der Waals surface area contributed by atoms with Crippen LogP contribution >= 0.6 is 34.3 Å². The van der Waals surface area contributed by atoms with Gasteiger partial charge >= 0.3 is 6.18 Å². The molecule has 5 rings (SSSR count). The van der Waals surface area contributed by atoms with Crippen molar-refractivity contribution in [1.29, 1.82) is 0 Å². The Morgan fingerprint density at radius 2 is 1.67 bits per heavy atom. The van der Waals surface area contributed by atoms with Gasteiger partial charge in [0.25, 0.3) is 0 Å². The second-order valence-electron chi connectivity index (χ2n) is 8.37. The molecule has 2 aromatic carbocycles. The second kappa shape index (κ2) is 9.94. The molecule has 1 N–H and O–H groups in total. The highest BCUT2D eigenvalue weighted by molar-refractivity contribution is 7.26. The molecule has 2 nitrogen and oxygen atoms in total. The normalized spacial score (nSPS) is 13.7. The van der Waals surface area contributed by atoms with Crippen molar-refractivity contribution in [3.63, 3.8) is 0 Å². The Morgan fingerprint density at radius 1 is 0.889 bits per heavy atom. The van der Waals surface area contributed by atoms with Crippen molar-refractivity contribution < 1.29 is 17.6 Å². The van der Waals surface area contributed by atoms with E-state index in [1.165, 1.54) is 6.20 Å². The van der Waals surface area contributed by atoms with E-state index in [0.717, 1.165) is 32.0 Å². The Morgan fingerprint density at radius 3 is 2.36 bits per heavy atom. The van der Waals surface area contributed by atoms with Gasteiger partial charge in [0.05, 0.1) is 21.8 Å². The number of hydrogen-bond donors (Lipinski definition) is 1. The number of nitrogens with zero attached hydrogens (tertiary/aromatic N) is 1. The largest absolute Gasteiger partial charge is 0.416 e. The van der Waals surface area contributed by atoms with Gasteiger partial charge in [-0.25, -0.2) is 4.39 Å². The van der Waals surface area contributed by atoms with Crippen molar-refractivity contribution in [1.82, 2.24) is 10.3 Å². The maximum absolute atomic E-state index is 14.7. The third-order valence-corrected chi connectivity index (χ3v) is 8.27. The SMILES string of the molecule is Fc1cc(C(F)(F)F)cc(C(Cc2ccccc2)(NCc2cc3sccc3s2)c2ccc(Cl)cn2)c1. The zero-order valence-corrected chi connectivity index (χ0v) is 21.0. The number of halogens is 5. The lowest BCUT2D eigenvalue weighted by Crippen LogP contribution is -2.46. The lowest BCUT2D eigenvalue weighted by atomic mass is 9.79. The van der Waals surface area contributed by atoms with Gasteiger partial charge in [-0.3, -0.25) is 10.3 Å². The van der Waals surface area contributed by atoms with Gasteiger partial charge in [-0.15, -0.1) is 22.7 Å². The van der Waals surface area contributed by atoms with Gasteiger partial charge in [-0.05, 0) is 59.0 Å². The molecular weight excluding hydrogens is 528 g/mol. The molecule has 0 amide bonds. The van der Waals surface area contributed by atoms with E-state index in [4.69, 9.17) is 11.6 Å². The van der Waals surface area contributed by atoms with E-state index in [-0.39, 0.29) is 12.0 Å². The fourth-order valence-electron chi connectivity index (χ4n) is 4.27. The molecule has 3 heterocycles. The number of nitrogens with one attached hydrogen (secondary N) is 1. The van der Waals surface area contributed by atoms with Crippen LogP contribution in [0.5, 0.6) is 0 Å². The molecular formula is C27H19ClF4N2S2. The van der Waals surface area contributed by atoms with Crippen LogP contribution in [-0.4, -0.2) is 4.98 Å². The number of hydrogen-bond acceptors (Lipinski definition) is 4. The zero-order chi connectivity index (χ0) is 25.3. The summed E-state index contributed by atoms with van der Waals surface area (Å²) in [7, 11) is 0. The van der Waals surface area contributed by atoms with Gasteiger partial charge in [-0.1, -0.05) is 41.9 Å². The van der Waals surface area contributed by atoms with E-state index in [2.05, 4.69) is 16.4 Å². The summed E-state index contributed by atoms with van der Waals surface area (Å²) in [5.41, 5.74) is -0.903. The Balaban J connectivity index is 1.69. The zero-order valence-electron chi connectivity index (χ0n) is 18.7. The third kappa shape index (κ3) is 5.18. The lowest BCUT2D eigenvalue weighted by Gasteiger charge is -2.36. The summed E-state index contributed by atoms with van der Waals surface area (Å²) < 4.78 is 58.2. The number of thiophene rings is 2. The van der Waals surface area contributed by atoms with Crippen molar-refractivity contribution in [2.24, 2.45) is 0 Å². The fourth-order valence-corrected chi connectivity index (χ4v) is 6.45. The number of pyridine rings is 1. The maximum Gasteiger partial charge on any atom is 0.416 e. The molecule has 0 fully saturated rings. The van der Waals surface area contributed by atoms with Crippen molar-refractivity contribution >= 4 is 43.7 Å². The summed E-state index contributed by atoms with van der Waals surface area (Å²) in [6, 6.07) is 19.4. The molecule has 5 aromatic rings. The van der Waals surface area contributed by atoms with Crippen LogP contribution in [0.25, 0.3) is 9.40 Å². The van der Waals surface area contributed by atoms with Crippen LogP contribution in [0.3, 0.4) is 0 Å². The summed E-state index contributed by atoms with van der Waals surface area (Å²) in [4.78, 5) is 5.51. The standard InChI is InChI=1S/C27H19ClF4N2S2/c28-20-6-7-25(33-15-20)26(14-17-4-2-1-3-5-17,18-10-19(27(30,31)32)12-21(29)11-18)34-16-22-13-24-23(36-22)8-9-35-24/h1-13,15,34H,14,16H2. The van der Waals surface area contributed by atoms with Gasteiger partial charge in [0, 0.05) is 33.4 Å². The minimum Gasteiger partial charge on any atom is -0.297 e. The van der Waals surface area contributed by atoms with Crippen LogP contribution in [-0.2, 0) is 24.7 Å². The topological polar surface area (TPSA) is 24.9 Å². The van der Waals surface area contributed by atoms with E-state index in [0.29, 0.717) is 23.3 Å². The predicted molar refractivity (Wildman–Crippen MR) is 138 cm³/mol. The first-order valence-electron chi connectivity index (χ1n) is 11.0. The monoisotopic (exact) mass is 546 g/mol. The summed E-state index contributed by atoms with van der Waals surface area (Å²) in [5.74, 6) is -0.968. The molecule has 0 aliphatic rings. The molecule has 0 spiro atoms. The van der Waals surface area contributed by atoms with Crippen LogP contribution in [0.2, 0.25) is 5.02 Å². The van der Waals surface area contributed by atoms with E-state index >= 15 is 0 Å². The molecule has 0 saturated carbocycles. The Kier molecular flexibility index (Phi) is 6.87.